The van der Waals surface area contributed by atoms with Crippen molar-refractivity contribution in [3.05, 3.63) is 64.4 Å². The van der Waals surface area contributed by atoms with E-state index in [-0.39, 0.29) is 18.3 Å². The fraction of sp³-hybridized carbons (Fsp3) is 0.235. The number of amides is 1. The smallest absolute Gasteiger partial charge is 0.263 e. The van der Waals surface area contributed by atoms with Crippen LogP contribution in [0.1, 0.15) is 12.5 Å². The monoisotopic (exact) mass is 365 g/mol. The highest BCUT2D eigenvalue weighted by Gasteiger charge is 2.20. The van der Waals surface area contributed by atoms with Gasteiger partial charge in [-0.25, -0.2) is 4.39 Å². The van der Waals surface area contributed by atoms with E-state index in [1.807, 2.05) is 18.2 Å². The predicted molar refractivity (Wildman–Crippen MR) is 87.1 cm³/mol. The Balaban J connectivity index is 2.01. The first-order valence-corrected chi connectivity index (χ1v) is 7.67. The van der Waals surface area contributed by atoms with Crippen LogP contribution in [0.25, 0.3) is 0 Å². The number of halogens is 2. The molecule has 0 bridgehead atoms. The molecule has 0 saturated carbocycles. The topological polar surface area (TPSA) is 29.5 Å². The van der Waals surface area contributed by atoms with Crippen LogP contribution in [-0.4, -0.2) is 24.0 Å². The Kier molecular flexibility index (Phi) is 5.55. The van der Waals surface area contributed by atoms with E-state index in [4.69, 9.17) is 4.74 Å². The van der Waals surface area contributed by atoms with E-state index < -0.39 is 6.10 Å². The van der Waals surface area contributed by atoms with E-state index in [2.05, 4.69) is 15.9 Å². The van der Waals surface area contributed by atoms with Crippen LogP contribution in [0, 0.1) is 5.82 Å². The summed E-state index contributed by atoms with van der Waals surface area (Å²) >= 11 is 3.30. The second-order valence-electron chi connectivity index (χ2n) is 5.00. The number of benzene rings is 2. The highest BCUT2D eigenvalue weighted by atomic mass is 79.9. The molecule has 0 fully saturated rings. The van der Waals surface area contributed by atoms with Crippen LogP contribution in [0.15, 0.2) is 53.0 Å². The molecule has 2 aromatic carbocycles. The maximum Gasteiger partial charge on any atom is 0.263 e. The standard InChI is InChI=1S/C17H17BrFNO2/c1-12(22-15-6-4-3-5-7-15)17(21)20(2)11-13-10-14(18)8-9-16(13)19/h3-10,12H,11H2,1-2H3. The minimum Gasteiger partial charge on any atom is -0.481 e. The average Bonchev–Trinajstić information content (AvgIpc) is 2.51. The quantitative estimate of drug-likeness (QED) is 0.800. The molecule has 0 aliphatic carbocycles. The zero-order chi connectivity index (χ0) is 16.1. The summed E-state index contributed by atoms with van der Waals surface area (Å²) in [7, 11) is 1.63. The van der Waals surface area contributed by atoms with Crippen molar-refractivity contribution < 1.29 is 13.9 Å². The molecule has 3 nitrogen and oxygen atoms in total. The minimum atomic E-state index is -0.636. The van der Waals surface area contributed by atoms with E-state index in [1.165, 1.54) is 11.0 Å². The maximum atomic E-state index is 13.8. The van der Waals surface area contributed by atoms with E-state index >= 15 is 0 Å². The third kappa shape index (κ3) is 4.31. The molecule has 5 heteroatoms. The largest absolute Gasteiger partial charge is 0.481 e. The van der Waals surface area contributed by atoms with Crippen LogP contribution in [0.4, 0.5) is 4.39 Å². The molecular formula is C17H17BrFNO2. The molecule has 0 spiro atoms. The van der Waals surface area contributed by atoms with Crippen LogP contribution in [0.2, 0.25) is 0 Å². The van der Waals surface area contributed by atoms with Crippen LogP contribution in [0.5, 0.6) is 5.75 Å². The molecule has 1 unspecified atom stereocenters. The minimum absolute atomic E-state index is 0.187. The molecule has 0 aliphatic heterocycles. The number of likely N-dealkylation sites (N-methyl/N-ethyl adjacent to an activating group) is 1. The molecule has 0 aliphatic rings. The number of hydrogen-bond donors (Lipinski definition) is 0. The normalized spacial score (nSPS) is 11.8. The number of rotatable bonds is 5. The summed E-state index contributed by atoms with van der Waals surface area (Å²) in [6.45, 7) is 1.87. The number of hydrogen-bond acceptors (Lipinski definition) is 2. The molecule has 1 atom stereocenters. The fourth-order valence-corrected chi connectivity index (χ4v) is 2.47. The lowest BCUT2D eigenvalue weighted by Gasteiger charge is -2.22. The molecule has 2 aromatic rings. The van der Waals surface area contributed by atoms with Gasteiger partial charge in [0.2, 0.25) is 0 Å². The number of para-hydroxylation sites is 1. The van der Waals surface area contributed by atoms with Crippen molar-refractivity contribution in [2.24, 2.45) is 0 Å². The van der Waals surface area contributed by atoms with Gasteiger partial charge in [-0.2, -0.15) is 0 Å². The molecule has 2 rings (SSSR count). The average molecular weight is 366 g/mol. The molecule has 0 saturated heterocycles. The van der Waals surface area contributed by atoms with Gasteiger partial charge in [0.15, 0.2) is 6.10 Å². The number of nitrogens with zero attached hydrogens (tertiary/aromatic N) is 1. The van der Waals surface area contributed by atoms with Gasteiger partial charge in [-0.3, -0.25) is 4.79 Å². The Bertz CT molecular complexity index is 648. The Morgan fingerprint density at radius 3 is 2.64 bits per heavy atom. The van der Waals surface area contributed by atoms with Gasteiger partial charge >= 0.3 is 0 Å². The first kappa shape index (κ1) is 16.5. The highest BCUT2D eigenvalue weighted by Crippen LogP contribution is 2.18. The molecule has 0 radical (unpaired) electrons. The van der Waals surface area contributed by atoms with Gasteiger partial charge in [-0.1, -0.05) is 34.1 Å². The lowest BCUT2D eigenvalue weighted by molar-refractivity contribution is -0.137. The van der Waals surface area contributed by atoms with Gasteiger partial charge < -0.3 is 9.64 Å². The third-order valence-electron chi connectivity index (χ3n) is 3.20. The summed E-state index contributed by atoms with van der Waals surface area (Å²) in [5.41, 5.74) is 0.456. The lowest BCUT2D eigenvalue weighted by Crippen LogP contribution is -2.37. The van der Waals surface area contributed by atoms with Gasteiger partial charge in [0.05, 0.1) is 0 Å². The zero-order valence-electron chi connectivity index (χ0n) is 12.4. The van der Waals surface area contributed by atoms with E-state index in [1.54, 1.807) is 38.2 Å². The number of ether oxygens (including phenoxy) is 1. The van der Waals surface area contributed by atoms with Crippen LogP contribution < -0.4 is 4.74 Å². The number of carbonyl (C=O) groups is 1. The Morgan fingerprint density at radius 1 is 1.27 bits per heavy atom. The van der Waals surface area contributed by atoms with Gasteiger partial charge in [-0.15, -0.1) is 0 Å². The third-order valence-corrected chi connectivity index (χ3v) is 3.69. The van der Waals surface area contributed by atoms with Crippen molar-refractivity contribution in [3.63, 3.8) is 0 Å². The second kappa shape index (κ2) is 7.40. The lowest BCUT2D eigenvalue weighted by atomic mass is 10.2. The van der Waals surface area contributed by atoms with Gasteiger partial charge in [0.25, 0.3) is 5.91 Å². The van der Waals surface area contributed by atoms with Crippen molar-refractivity contribution in [2.45, 2.75) is 19.6 Å². The van der Waals surface area contributed by atoms with Crippen LogP contribution in [-0.2, 0) is 11.3 Å². The van der Waals surface area contributed by atoms with Gasteiger partial charge in [-0.05, 0) is 37.3 Å². The first-order chi connectivity index (χ1) is 10.5. The summed E-state index contributed by atoms with van der Waals surface area (Å²) in [4.78, 5) is 13.8. The summed E-state index contributed by atoms with van der Waals surface area (Å²) in [6.07, 6.45) is -0.636. The maximum absolute atomic E-state index is 13.8. The molecule has 0 N–H and O–H groups in total. The molecule has 0 heterocycles. The Hall–Kier alpha value is -1.88. The van der Waals surface area contributed by atoms with Crippen molar-refractivity contribution in [1.29, 1.82) is 0 Å². The Morgan fingerprint density at radius 2 is 1.95 bits per heavy atom. The SMILES string of the molecule is CC(Oc1ccccc1)C(=O)N(C)Cc1cc(Br)ccc1F. The Labute approximate surface area is 137 Å². The predicted octanol–water partition coefficient (Wildman–Crippen LogP) is 4.01. The summed E-state index contributed by atoms with van der Waals surface area (Å²) in [6, 6.07) is 13.8. The molecule has 0 aromatic heterocycles. The summed E-state index contributed by atoms with van der Waals surface area (Å²) < 4.78 is 20.1. The van der Waals surface area contributed by atoms with E-state index in [0.29, 0.717) is 11.3 Å². The highest BCUT2D eigenvalue weighted by molar-refractivity contribution is 9.10. The fourth-order valence-electron chi connectivity index (χ4n) is 2.06. The molecule has 1 amide bonds. The molecule has 116 valence electrons. The van der Waals surface area contributed by atoms with E-state index in [0.717, 1.165) is 4.47 Å². The summed E-state index contributed by atoms with van der Waals surface area (Å²) in [5.74, 6) is 0.0908. The second-order valence-corrected chi connectivity index (χ2v) is 5.92. The van der Waals surface area contributed by atoms with Crippen LogP contribution >= 0.6 is 15.9 Å². The van der Waals surface area contributed by atoms with Crippen molar-refractivity contribution in [3.8, 4) is 5.75 Å². The van der Waals surface area contributed by atoms with Crippen molar-refractivity contribution >= 4 is 21.8 Å². The van der Waals surface area contributed by atoms with E-state index in [9.17, 15) is 9.18 Å². The van der Waals surface area contributed by atoms with Gasteiger partial charge in [0, 0.05) is 23.6 Å². The molecular weight excluding hydrogens is 349 g/mol. The summed E-state index contributed by atoms with van der Waals surface area (Å²) in [5, 5.41) is 0. The van der Waals surface area contributed by atoms with Crippen LogP contribution in [0.3, 0.4) is 0 Å². The number of carbonyl (C=O) groups excluding carboxylic acids is 1. The van der Waals surface area contributed by atoms with Gasteiger partial charge in [0.1, 0.15) is 11.6 Å². The van der Waals surface area contributed by atoms with Crippen molar-refractivity contribution in [2.75, 3.05) is 7.05 Å². The first-order valence-electron chi connectivity index (χ1n) is 6.88. The van der Waals surface area contributed by atoms with Crippen molar-refractivity contribution in [1.82, 2.24) is 4.90 Å². The zero-order valence-corrected chi connectivity index (χ0v) is 14.0. The molecule has 22 heavy (non-hydrogen) atoms.